The van der Waals surface area contributed by atoms with E-state index < -0.39 is 0 Å². The summed E-state index contributed by atoms with van der Waals surface area (Å²) in [4.78, 5) is 4.71. The minimum Gasteiger partial charge on any atom is -0.379 e. The van der Waals surface area contributed by atoms with Gasteiger partial charge < -0.3 is 4.74 Å². The molecule has 4 nitrogen and oxygen atoms in total. The Labute approximate surface area is 120 Å². The van der Waals surface area contributed by atoms with Crippen molar-refractivity contribution in [1.29, 1.82) is 0 Å². The minimum absolute atomic E-state index is 0.103. The van der Waals surface area contributed by atoms with E-state index >= 15 is 0 Å². The fraction of sp³-hybridized carbons (Fsp3) is 0.786. The van der Waals surface area contributed by atoms with Crippen LogP contribution in [-0.4, -0.2) is 23.7 Å². The van der Waals surface area contributed by atoms with Crippen LogP contribution in [0.5, 0.6) is 0 Å². The van der Waals surface area contributed by atoms with Gasteiger partial charge in [0.15, 0.2) is 0 Å². The number of nitrogens with zero attached hydrogens (tertiary/aromatic N) is 1. The molecule has 110 valence electrons. The molecule has 0 saturated heterocycles. The highest BCUT2D eigenvalue weighted by molar-refractivity contribution is 7.09. The number of hydrogen-bond donors (Lipinski definition) is 2. The first-order valence-electron chi connectivity index (χ1n) is 6.64. The van der Waals surface area contributed by atoms with Crippen LogP contribution in [0, 0.1) is 0 Å². The molecular weight excluding hydrogens is 258 g/mol. The summed E-state index contributed by atoms with van der Waals surface area (Å²) >= 11 is 1.71. The molecule has 1 rings (SSSR count). The quantitative estimate of drug-likeness (QED) is 0.623. The van der Waals surface area contributed by atoms with Crippen LogP contribution < -0.4 is 11.3 Å². The van der Waals surface area contributed by atoms with Gasteiger partial charge in [0, 0.05) is 30.4 Å². The van der Waals surface area contributed by atoms with E-state index in [9.17, 15) is 0 Å². The highest BCUT2D eigenvalue weighted by Gasteiger charge is 2.24. The lowest BCUT2D eigenvalue weighted by atomic mass is 9.93. The largest absolute Gasteiger partial charge is 0.379 e. The van der Waals surface area contributed by atoms with Crippen LogP contribution in [0.4, 0.5) is 0 Å². The molecule has 0 amide bonds. The van der Waals surface area contributed by atoms with Crippen LogP contribution in [0.15, 0.2) is 5.38 Å². The van der Waals surface area contributed by atoms with Crippen molar-refractivity contribution in [3.63, 3.8) is 0 Å². The standard InChI is InChI=1S/C14H27N3OS/c1-13(2,3)11-9-19-12(16-11)7-10(17-15)8-14(4,5)18-6/h9-10,17H,7-8,15H2,1-6H3. The van der Waals surface area contributed by atoms with Crippen molar-refractivity contribution in [2.24, 2.45) is 5.84 Å². The smallest absolute Gasteiger partial charge is 0.0944 e. The molecule has 1 heterocycles. The van der Waals surface area contributed by atoms with Crippen LogP contribution in [0.25, 0.3) is 0 Å². The number of ether oxygens (including phenoxy) is 1. The Balaban J connectivity index is 2.69. The molecule has 19 heavy (non-hydrogen) atoms. The molecule has 0 spiro atoms. The summed E-state index contributed by atoms with van der Waals surface area (Å²) in [5, 5.41) is 3.27. The predicted molar refractivity (Wildman–Crippen MR) is 81.3 cm³/mol. The van der Waals surface area contributed by atoms with Gasteiger partial charge in [-0.05, 0) is 20.3 Å². The monoisotopic (exact) mass is 285 g/mol. The van der Waals surface area contributed by atoms with Crippen molar-refractivity contribution in [2.45, 2.75) is 64.5 Å². The number of aromatic nitrogens is 1. The Morgan fingerprint density at radius 3 is 2.42 bits per heavy atom. The molecule has 0 aliphatic rings. The number of hydrogen-bond acceptors (Lipinski definition) is 5. The summed E-state index contributed by atoms with van der Waals surface area (Å²) in [6.07, 6.45) is 1.69. The molecule has 0 aliphatic carbocycles. The SMILES string of the molecule is COC(C)(C)CC(Cc1nc(C(C)(C)C)cs1)NN. The summed E-state index contributed by atoms with van der Waals surface area (Å²) < 4.78 is 5.45. The third-order valence-corrected chi connectivity index (χ3v) is 4.14. The van der Waals surface area contributed by atoms with Crippen molar-refractivity contribution in [3.8, 4) is 0 Å². The van der Waals surface area contributed by atoms with E-state index in [1.165, 1.54) is 0 Å². The molecule has 0 aliphatic heterocycles. The van der Waals surface area contributed by atoms with Crippen LogP contribution in [0.1, 0.15) is 51.7 Å². The predicted octanol–water partition coefficient (Wildman–Crippen LogP) is 2.63. The average molecular weight is 285 g/mol. The van der Waals surface area contributed by atoms with E-state index in [-0.39, 0.29) is 17.1 Å². The zero-order valence-corrected chi connectivity index (χ0v) is 13.7. The van der Waals surface area contributed by atoms with Gasteiger partial charge in [-0.15, -0.1) is 11.3 Å². The first-order chi connectivity index (χ1) is 8.68. The van der Waals surface area contributed by atoms with Crippen LogP contribution >= 0.6 is 11.3 Å². The minimum atomic E-state index is -0.179. The summed E-state index contributed by atoms with van der Waals surface area (Å²) in [5.74, 6) is 5.65. The van der Waals surface area contributed by atoms with Crippen molar-refractivity contribution in [3.05, 3.63) is 16.1 Å². The summed E-state index contributed by atoms with van der Waals surface area (Å²) in [6, 6.07) is 0.175. The second-order valence-corrected chi connectivity index (χ2v) is 7.55. The van der Waals surface area contributed by atoms with Gasteiger partial charge in [-0.2, -0.15) is 0 Å². The summed E-state index contributed by atoms with van der Waals surface area (Å²) in [5.41, 5.74) is 3.95. The zero-order valence-electron chi connectivity index (χ0n) is 12.9. The van der Waals surface area contributed by atoms with Gasteiger partial charge in [0.25, 0.3) is 0 Å². The summed E-state index contributed by atoms with van der Waals surface area (Å²) in [6.45, 7) is 10.7. The van der Waals surface area contributed by atoms with Crippen LogP contribution in [0.2, 0.25) is 0 Å². The fourth-order valence-electron chi connectivity index (χ4n) is 1.83. The lowest BCUT2D eigenvalue weighted by Crippen LogP contribution is -2.42. The molecule has 0 fully saturated rings. The normalized spacial score (nSPS) is 14.7. The second kappa shape index (κ2) is 6.31. The maximum absolute atomic E-state index is 5.65. The second-order valence-electron chi connectivity index (χ2n) is 6.61. The number of rotatable bonds is 6. The molecule has 0 bridgehead atoms. The molecule has 0 aromatic carbocycles. The average Bonchev–Trinajstić information content (AvgIpc) is 2.76. The third kappa shape index (κ3) is 5.18. The summed E-state index contributed by atoms with van der Waals surface area (Å²) in [7, 11) is 1.73. The fourth-order valence-corrected chi connectivity index (χ4v) is 2.93. The molecule has 1 atom stereocenters. The van der Waals surface area contributed by atoms with E-state index in [1.54, 1.807) is 18.4 Å². The van der Waals surface area contributed by atoms with E-state index in [1.807, 2.05) is 0 Å². The van der Waals surface area contributed by atoms with Crippen molar-refractivity contribution in [1.82, 2.24) is 10.4 Å². The number of methoxy groups -OCH3 is 1. The molecule has 1 aromatic rings. The van der Waals surface area contributed by atoms with Crippen LogP contribution in [0.3, 0.4) is 0 Å². The van der Waals surface area contributed by atoms with Crippen molar-refractivity contribution in [2.75, 3.05) is 7.11 Å². The van der Waals surface area contributed by atoms with E-state index in [0.717, 1.165) is 23.5 Å². The Kier molecular flexibility index (Phi) is 5.50. The van der Waals surface area contributed by atoms with E-state index in [2.05, 4.69) is 45.4 Å². The topological polar surface area (TPSA) is 60.2 Å². The Bertz CT molecular complexity index is 396. The van der Waals surface area contributed by atoms with Crippen LogP contribution in [-0.2, 0) is 16.6 Å². The molecule has 1 unspecified atom stereocenters. The number of nitrogens with one attached hydrogen (secondary N) is 1. The third-order valence-electron chi connectivity index (χ3n) is 3.27. The molecule has 0 saturated carbocycles. The molecule has 0 radical (unpaired) electrons. The Morgan fingerprint density at radius 1 is 1.37 bits per heavy atom. The molecule has 3 N–H and O–H groups in total. The van der Waals surface area contributed by atoms with Gasteiger partial charge >= 0.3 is 0 Å². The number of hydrazine groups is 1. The maximum atomic E-state index is 5.65. The van der Waals surface area contributed by atoms with Gasteiger partial charge in [-0.3, -0.25) is 11.3 Å². The number of nitrogens with two attached hydrogens (primary N) is 1. The number of thiazole rings is 1. The molecular formula is C14H27N3OS. The van der Waals surface area contributed by atoms with Crippen molar-refractivity contribution >= 4 is 11.3 Å². The van der Waals surface area contributed by atoms with E-state index in [4.69, 9.17) is 15.6 Å². The van der Waals surface area contributed by atoms with E-state index in [0.29, 0.717) is 0 Å². The van der Waals surface area contributed by atoms with Gasteiger partial charge in [-0.1, -0.05) is 20.8 Å². The first kappa shape index (κ1) is 16.6. The van der Waals surface area contributed by atoms with Gasteiger partial charge in [0.2, 0.25) is 0 Å². The zero-order chi connectivity index (χ0) is 14.7. The van der Waals surface area contributed by atoms with Gasteiger partial charge in [0.1, 0.15) is 0 Å². The van der Waals surface area contributed by atoms with Gasteiger partial charge in [0.05, 0.1) is 16.3 Å². The molecule has 1 aromatic heterocycles. The Hall–Kier alpha value is -0.490. The van der Waals surface area contributed by atoms with Crippen molar-refractivity contribution < 1.29 is 4.74 Å². The lowest BCUT2D eigenvalue weighted by Gasteiger charge is -2.27. The molecule has 5 heteroatoms. The van der Waals surface area contributed by atoms with Gasteiger partial charge in [-0.25, -0.2) is 4.98 Å². The Morgan fingerprint density at radius 2 is 2.00 bits per heavy atom. The maximum Gasteiger partial charge on any atom is 0.0944 e. The highest BCUT2D eigenvalue weighted by Crippen LogP contribution is 2.25. The first-order valence-corrected chi connectivity index (χ1v) is 7.52. The lowest BCUT2D eigenvalue weighted by molar-refractivity contribution is 0.00710. The highest BCUT2D eigenvalue weighted by atomic mass is 32.1.